The van der Waals surface area contributed by atoms with Gasteiger partial charge in [0.25, 0.3) is 0 Å². The van der Waals surface area contributed by atoms with Gasteiger partial charge in [-0.25, -0.2) is 0 Å². The van der Waals surface area contributed by atoms with Crippen LogP contribution in [0.3, 0.4) is 0 Å². The highest BCUT2D eigenvalue weighted by Crippen LogP contribution is 2.12. The molecular weight excluding hydrogens is 240 g/mol. The predicted molar refractivity (Wildman–Crippen MR) is 56.4 cm³/mol. The first kappa shape index (κ1) is 10.0. The highest BCUT2D eigenvalue weighted by atomic mass is 79.9. The molecule has 0 aromatic heterocycles. The minimum atomic E-state index is 0.297. The minimum absolute atomic E-state index is 0.297. The zero-order valence-corrected chi connectivity index (χ0v) is 8.96. The van der Waals surface area contributed by atoms with E-state index in [2.05, 4.69) is 21.2 Å². The van der Waals surface area contributed by atoms with Crippen molar-refractivity contribution in [2.75, 3.05) is 26.2 Å². The van der Waals surface area contributed by atoms with E-state index in [1.54, 1.807) is 0 Å². The van der Waals surface area contributed by atoms with Gasteiger partial charge in [0.2, 0.25) is 0 Å². The molecule has 0 radical (unpaired) electrons. The molecule has 0 aromatic carbocycles. The van der Waals surface area contributed by atoms with E-state index in [4.69, 9.17) is 10.8 Å². The Hall–Kier alpha value is -0.0700. The van der Waals surface area contributed by atoms with Gasteiger partial charge in [-0.3, -0.25) is 10.8 Å². The van der Waals surface area contributed by atoms with Crippen LogP contribution in [-0.4, -0.2) is 40.2 Å². The number of amidine groups is 1. The summed E-state index contributed by atoms with van der Waals surface area (Å²) in [6, 6.07) is 0. The van der Waals surface area contributed by atoms with Crippen molar-refractivity contribution in [3.63, 3.8) is 0 Å². The average molecular weight is 251 g/mol. The molecule has 0 spiro atoms. The Morgan fingerprint density at radius 1 is 1.33 bits per heavy atom. The summed E-state index contributed by atoms with van der Waals surface area (Å²) in [6.07, 6.45) is 0. The first-order valence-electron chi connectivity index (χ1n) is 3.66. The van der Waals surface area contributed by atoms with Crippen LogP contribution in [0.1, 0.15) is 0 Å². The lowest BCUT2D eigenvalue weighted by atomic mass is 10.4. The van der Waals surface area contributed by atoms with Gasteiger partial charge in [0.15, 0.2) is 5.17 Å². The number of hydrogen-bond donors (Lipinski definition) is 3. The maximum absolute atomic E-state index is 7.60. The highest BCUT2D eigenvalue weighted by Gasteiger charge is 2.13. The van der Waals surface area contributed by atoms with Crippen molar-refractivity contribution in [3.8, 4) is 0 Å². The topological polar surface area (TPSA) is 63.0 Å². The molecule has 1 rings (SSSR count). The van der Waals surface area contributed by atoms with Crippen LogP contribution < -0.4 is 5.32 Å². The number of nitrogens with one attached hydrogen (secondary N) is 3. The lowest BCUT2D eigenvalue weighted by Crippen LogP contribution is -2.45. The molecule has 0 aliphatic carbocycles. The van der Waals surface area contributed by atoms with Crippen LogP contribution in [-0.2, 0) is 0 Å². The predicted octanol–water partition coefficient (Wildman–Crippen LogP) is 0.889. The second kappa shape index (κ2) is 4.84. The van der Waals surface area contributed by atoms with E-state index in [0.717, 1.165) is 37.9 Å². The van der Waals surface area contributed by atoms with Crippen molar-refractivity contribution < 1.29 is 0 Å². The van der Waals surface area contributed by atoms with E-state index in [9.17, 15) is 0 Å². The van der Waals surface area contributed by atoms with E-state index < -0.39 is 0 Å². The minimum Gasteiger partial charge on any atom is -0.349 e. The molecule has 0 amide bonds. The van der Waals surface area contributed by atoms with E-state index in [1.165, 1.54) is 0 Å². The average Bonchev–Trinajstić information content (AvgIpc) is 2.05. The summed E-state index contributed by atoms with van der Waals surface area (Å²) in [4.78, 5) is 1.97. The zero-order chi connectivity index (χ0) is 8.97. The van der Waals surface area contributed by atoms with Gasteiger partial charge in [-0.05, 0) is 27.7 Å². The molecule has 0 unspecified atom stereocenters. The third-order valence-electron chi connectivity index (χ3n) is 1.59. The Balaban J connectivity index is 2.34. The van der Waals surface area contributed by atoms with Crippen molar-refractivity contribution in [2.24, 2.45) is 0 Å². The third-order valence-corrected chi connectivity index (χ3v) is 2.71. The monoisotopic (exact) mass is 250 g/mol. The number of thioether (sulfide) groups is 1. The molecule has 0 bridgehead atoms. The van der Waals surface area contributed by atoms with Gasteiger partial charge in [-0.2, -0.15) is 0 Å². The van der Waals surface area contributed by atoms with Gasteiger partial charge in [0.1, 0.15) is 3.95 Å². The smallest absolute Gasteiger partial charge is 0.163 e. The van der Waals surface area contributed by atoms with E-state index in [0.29, 0.717) is 9.12 Å². The van der Waals surface area contributed by atoms with E-state index in [1.807, 2.05) is 4.90 Å². The van der Waals surface area contributed by atoms with Gasteiger partial charge < -0.3 is 10.2 Å². The first-order valence-corrected chi connectivity index (χ1v) is 5.27. The second-order valence-electron chi connectivity index (χ2n) is 2.42. The summed E-state index contributed by atoms with van der Waals surface area (Å²) in [7, 11) is 0. The number of hydrogen-bond acceptors (Lipinski definition) is 4. The van der Waals surface area contributed by atoms with E-state index >= 15 is 0 Å². The summed E-state index contributed by atoms with van der Waals surface area (Å²) in [5.41, 5.74) is 0. The summed E-state index contributed by atoms with van der Waals surface area (Å²) < 4.78 is 0.297. The summed E-state index contributed by atoms with van der Waals surface area (Å²) in [5, 5.41) is 18.4. The van der Waals surface area contributed by atoms with Crippen LogP contribution in [0.5, 0.6) is 0 Å². The Morgan fingerprint density at radius 3 is 2.42 bits per heavy atom. The number of rotatable bonds is 0. The molecule has 0 saturated carbocycles. The normalized spacial score (nSPS) is 17.6. The zero-order valence-electron chi connectivity index (χ0n) is 6.56. The standard InChI is InChI=1S/C6H11BrN4S/c7-5(8)12-6(9)11-3-1-10-2-4-11/h8-10H,1-4H2. The van der Waals surface area contributed by atoms with Crippen LogP contribution in [0.2, 0.25) is 0 Å². The van der Waals surface area contributed by atoms with Gasteiger partial charge in [0, 0.05) is 26.2 Å². The second-order valence-corrected chi connectivity index (χ2v) is 4.73. The van der Waals surface area contributed by atoms with Crippen molar-refractivity contribution in [2.45, 2.75) is 0 Å². The fourth-order valence-electron chi connectivity index (χ4n) is 1.02. The maximum atomic E-state index is 7.60. The Labute approximate surface area is 84.2 Å². The van der Waals surface area contributed by atoms with Crippen LogP contribution >= 0.6 is 27.7 Å². The third kappa shape index (κ3) is 3.12. The molecule has 12 heavy (non-hydrogen) atoms. The quantitative estimate of drug-likeness (QED) is 0.442. The van der Waals surface area contributed by atoms with Crippen LogP contribution in [0.25, 0.3) is 0 Å². The summed E-state index contributed by atoms with van der Waals surface area (Å²) in [5.74, 6) is 0. The largest absolute Gasteiger partial charge is 0.349 e. The van der Waals surface area contributed by atoms with Gasteiger partial charge in [-0.15, -0.1) is 0 Å². The summed E-state index contributed by atoms with van der Waals surface area (Å²) >= 11 is 4.15. The molecule has 0 aromatic rings. The molecule has 1 saturated heterocycles. The van der Waals surface area contributed by atoms with Crippen molar-refractivity contribution in [1.29, 1.82) is 10.8 Å². The molecule has 0 atom stereocenters. The highest BCUT2D eigenvalue weighted by molar-refractivity contribution is 9.22. The van der Waals surface area contributed by atoms with Crippen molar-refractivity contribution in [1.82, 2.24) is 10.2 Å². The van der Waals surface area contributed by atoms with Crippen molar-refractivity contribution >= 4 is 36.8 Å². The van der Waals surface area contributed by atoms with Gasteiger partial charge in [-0.1, -0.05) is 0 Å². The molecule has 68 valence electrons. The van der Waals surface area contributed by atoms with E-state index in [-0.39, 0.29) is 0 Å². The lowest BCUT2D eigenvalue weighted by molar-refractivity contribution is 0.362. The van der Waals surface area contributed by atoms with Crippen LogP contribution in [0.15, 0.2) is 0 Å². The molecule has 1 fully saturated rings. The van der Waals surface area contributed by atoms with Gasteiger partial charge >= 0.3 is 0 Å². The lowest BCUT2D eigenvalue weighted by Gasteiger charge is -2.28. The van der Waals surface area contributed by atoms with Crippen LogP contribution in [0, 0.1) is 10.8 Å². The SMILES string of the molecule is N=C(Br)SC(=N)N1CCNCC1. The molecule has 3 N–H and O–H groups in total. The number of nitrogens with zero attached hydrogens (tertiary/aromatic N) is 1. The molecule has 4 nitrogen and oxygen atoms in total. The molecule has 6 heteroatoms. The summed E-state index contributed by atoms with van der Waals surface area (Å²) in [6.45, 7) is 3.59. The molecular formula is C6H11BrN4S. The maximum Gasteiger partial charge on any atom is 0.163 e. The Kier molecular flexibility index (Phi) is 4.03. The van der Waals surface area contributed by atoms with Gasteiger partial charge in [0.05, 0.1) is 0 Å². The Bertz CT molecular complexity index is 190. The number of halogens is 1. The first-order chi connectivity index (χ1) is 5.70. The fourth-order valence-corrected chi connectivity index (χ4v) is 1.96. The van der Waals surface area contributed by atoms with Crippen molar-refractivity contribution in [3.05, 3.63) is 0 Å². The van der Waals surface area contributed by atoms with Crippen LogP contribution in [0.4, 0.5) is 0 Å². The molecule has 1 heterocycles. The Morgan fingerprint density at radius 2 is 1.92 bits per heavy atom. The fraction of sp³-hybridized carbons (Fsp3) is 0.667. The molecule has 1 aliphatic heterocycles. The number of piperazine rings is 1. The molecule has 1 aliphatic rings.